The van der Waals surface area contributed by atoms with E-state index < -0.39 is 11.6 Å². The lowest BCUT2D eigenvalue weighted by Crippen LogP contribution is -2.43. The Morgan fingerprint density at radius 1 is 1.21 bits per heavy atom. The summed E-state index contributed by atoms with van der Waals surface area (Å²) in [6.45, 7) is 6.63. The average molecular weight is 397 g/mol. The SMILES string of the molecule is CCCc1ncc([C@@]23CC[C@@H](C4C=C(c5c(F)cccc5F)N=NC42)C3(C)C)o1. The van der Waals surface area contributed by atoms with Gasteiger partial charge in [0.25, 0.3) is 0 Å². The molecule has 5 rings (SSSR count). The molecule has 1 aromatic carbocycles. The minimum atomic E-state index is -0.606. The molecule has 0 N–H and O–H groups in total. The van der Waals surface area contributed by atoms with Crippen molar-refractivity contribution in [3.63, 3.8) is 0 Å². The fourth-order valence-corrected chi connectivity index (χ4v) is 6.18. The minimum Gasteiger partial charge on any atom is -0.445 e. The first-order valence-corrected chi connectivity index (χ1v) is 10.4. The van der Waals surface area contributed by atoms with Crippen LogP contribution in [0.2, 0.25) is 0 Å². The van der Waals surface area contributed by atoms with Crippen LogP contribution in [0.1, 0.15) is 57.2 Å². The highest BCUT2D eigenvalue weighted by atomic mass is 19.1. The molecule has 4 atom stereocenters. The van der Waals surface area contributed by atoms with E-state index in [1.165, 1.54) is 18.2 Å². The Balaban J connectivity index is 1.59. The number of halogens is 2. The summed E-state index contributed by atoms with van der Waals surface area (Å²) in [5.74, 6) is 0.850. The van der Waals surface area contributed by atoms with Gasteiger partial charge in [-0.1, -0.05) is 32.9 Å². The van der Waals surface area contributed by atoms with Crippen molar-refractivity contribution in [2.24, 2.45) is 27.5 Å². The third kappa shape index (κ3) is 2.37. The summed E-state index contributed by atoms with van der Waals surface area (Å²) in [5.41, 5.74) is -0.163. The van der Waals surface area contributed by atoms with Crippen LogP contribution in [0.3, 0.4) is 0 Å². The lowest BCUT2D eigenvalue weighted by Gasteiger charge is -2.39. The standard InChI is InChI=1S/C23H25F2N3O/c1-4-6-19-26-12-18(29-19)23-10-9-14(22(23,2)3)13-11-17(27-28-21(13)23)20-15(24)7-5-8-16(20)25/h5,7-8,11-14,21H,4,6,9-10H2,1-3H3/t13?,14-,21?,23-/m0/s1. The molecule has 1 aromatic heterocycles. The first-order valence-electron chi connectivity index (χ1n) is 10.4. The molecule has 152 valence electrons. The monoisotopic (exact) mass is 397 g/mol. The lowest BCUT2D eigenvalue weighted by molar-refractivity contribution is 0.167. The van der Waals surface area contributed by atoms with E-state index in [-0.39, 0.29) is 28.4 Å². The van der Waals surface area contributed by atoms with Gasteiger partial charge in [-0.3, -0.25) is 0 Å². The molecule has 2 heterocycles. The quantitative estimate of drug-likeness (QED) is 0.627. The van der Waals surface area contributed by atoms with Gasteiger partial charge in [0.15, 0.2) is 5.89 Å². The smallest absolute Gasteiger partial charge is 0.194 e. The molecule has 0 amide bonds. The van der Waals surface area contributed by atoms with E-state index >= 15 is 0 Å². The summed E-state index contributed by atoms with van der Waals surface area (Å²) in [7, 11) is 0. The number of benzene rings is 1. The van der Waals surface area contributed by atoms with Crippen LogP contribution in [0, 0.1) is 28.9 Å². The Hall–Kier alpha value is -2.37. The van der Waals surface area contributed by atoms with Crippen molar-refractivity contribution in [2.45, 2.75) is 57.9 Å². The van der Waals surface area contributed by atoms with Crippen molar-refractivity contribution in [2.75, 3.05) is 0 Å². The number of nitrogens with zero attached hydrogens (tertiary/aromatic N) is 3. The fraction of sp³-hybridized carbons (Fsp3) is 0.522. The Bertz CT molecular complexity index is 1000. The van der Waals surface area contributed by atoms with Gasteiger partial charge in [0, 0.05) is 12.3 Å². The average Bonchev–Trinajstić information content (AvgIpc) is 3.30. The molecule has 2 unspecified atom stereocenters. The Kier molecular flexibility index (Phi) is 4.06. The number of aromatic nitrogens is 1. The Morgan fingerprint density at radius 2 is 1.97 bits per heavy atom. The Labute approximate surface area is 169 Å². The summed E-state index contributed by atoms with van der Waals surface area (Å²) in [5, 5.41) is 8.96. The maximum absolute atomic E-state index is 14.3. The molecular formula is C23H25F2N3O. The van der Waals surface area contributed by atoms with Crippen LogP contribution in [-0.2, 0) is 11.8 Å². The Morgan fingerprint density at radius 3 is 2.69 bits per heavy atom. The van der Waals surface area contributed by atoms with Crippen molar-refractivity contribution in [3.8, 4) is 0 Å². The van der Waals surface area contributed by atoms with Crippen LogP contribution in [0.25, 0.3) is 5.70 Å². The van der Waals surface area contributed by atoms with Crippen LogP contribution in [0.5, 0.6) is 0 Å². The highest BCUT2D eigenvalue weighted by molar-refractivity contribution is 5.67. The van der Waals surface area contributed by atoms with Crippen LogP contribution >= 0.6 is 0 Å². The second-order valence-electron chi connectivity index (χ2n) is 9.09. The lowest BCUT2D eigenvalue weighted by atomic mass is 9.66. The van der Waals surface area contributed by atoms with Crippen molar-refractivity contribution in [3.05, 3.63) is 59.3 Å². The third-order valence-corrected chi connectivity index (χ3v) is 7.58. The van der Waals surface area contributed by atoms with E-state index in [1.54, 1.807) is 0 Å². The van der Waals surface area contributed by atoms with Crippen LogP contribution in [-0.4, -0.2) is 11.0 Å². The number of hydrogen-bond acceptors (Lipinski definition) is 4. The molecule has 2 saturated carbocycles. The van der Waals surface area contributed by atoms with Gasteiger partial charge < -0.3 is 4.42 Å². The highest BCUT2D eigenvalue weighted by Gasteiger charge is 2.71. The first kappa shape index (κ1) is 18.6. The van der Waals surface area contributed by atoms with E-state index in [2.05, 4.69) is 36.0 Å². The van der Waals surface area contributed by atoms with Crippen molar-refractivity contribution in [1.82, 2.24) is 4.98 Å². The predicted octanol–water partition coefficient (Wildman–Crippen LogP) is 6.08. The van der Waals surface area contributed by atoms with Crippen molar-refractivity contribution >= 4 is 5.70 Å². The van der Waals surface area contributed by atoms with Gasteiger partial charge in [0.05, 0.1) is 28.9 Å². The molecule has 4 nitrogen and oxygen atoms in total. The molecule has 29 heavy (non-hydrogen) atoms. The number of rotatable bonds is 4. The maximum Gasteiger partial charge on any atom is 0.194 e. The number of aryl methyl sites for hydroxylation is 1. The number of oxazole rings is 1. The van der Waals surface area contributed by atoms with Crippen LogP contribution in [0.4, 0.5) is 8.78 Å². The molecular weight excluding hydrogens is 372 g/mol. The van der Waals surface area contributed by atoms with Gasteiger partial charge >= 0.3 is 0 Å². The van der Waals surface area contributed by atoms with E-state index in [1.807, 2.05) is 12.3 Å². The van der Waals surface area contributed by atoms with E-state index in [9.17, 15) is 8.78 Å². The largest absolute Gasteiger partial charge is 0.445 e. The predicted molar refractivity (Wildman–Crippen MR) is 105 cm³/mol. The van der Waals surface area contributed by atoms with E-state index in [0.717, 1.165) is 37.3 Å². The third-order valence-electron chi connectivity index (χ3n) is 7.58. The zero-order valence-electron chi connectivity index (χ0n) is 17.0. The zero-order chi connectivity index (χ0) is 20.4. The normalized spacial score (nSPS) is 31.8. The van der Waals surface area contributed by atoms with Crippen molar-refractivity contribution in [1.29, 1.82) is 0 Å². The second kappa shape index (κ2) is 6.31. The van der Waals surface area contributed by atoms with E-state index in [4.69, 9.17) is 4.42 Å². The van der Waals surface area contributed by atoms with Crippen LogP contribution in [0.15, 0.2) is 45.1 Å². The summed E-state index contributed by atoms with van der Waals surface area (Å²) >= 11 is 0. The molecule has 6 heteroatoms. The fourth-order valence-electron chi connectivity index (χ4n) is 6.18. The van der Waals surface area contributed by atoms with Gasteiger partial charge in [-0.2, -0.15) is 10.2 Å². The summed E-state index contributed by atoms with van der Waals surface area (Å²) in [6.07, 6.45) is 7.58. The van der Waals surface area contributed by atoms with Crippen LogP contribution < -0.4 is 0 Å². The second-order valence-corrected chi connectivity index (χ2v) is 9.09. The summed E-state index contributed by atoms with van der Waals surface area (Å²) < 4.78 is 34.9. The number of fused-ring (bicyclic) bond motifs is 5. The molecule has 0 radical (unpaired) electrons. The van der Waals surface area contributed by atoms with Gasteiger partial charge in [-0.15, -0.1) is 0 Å². The molecule has 0 saturated heterocycles. The van der Waals surface area contributed by atoms with Gasteiger partial charge in [-0.05, 0) is 42.7 Å². The molecule has 2 fully saturated rings. The van der Waals surface area contributed by atoms with E-state index in [0.29, 0.717) is 11.6 Å². The molecule has 3 aliphatic rings. The van der Waals surface area contributed by atoms with Crippen molar-refractivity contribution < 1.29 is 13.2 Å². The highest BCUT2D eigenvalue weighted by Crippen LogP contribution is 2.70. The van der Waals surface area contributed by atoms with Gasteiger partial charge in [0.2, 0.25) is 0 Å². The molecule has 1 aliphatic heterocycles. The topological polar surface area (TPSA) is 50.8 Å². The van der Waals surface area contributed by atoms with Gasteiger partial charge in [0.1, 0.15) is 17.4 Å². The molecule has 2 bridgehead atoms. The number of hydrogen-bond donors (Lipinski definition) is 0. The minimum absolute atomic E-state index is 0.0741. The molecule has 0 spiro atoms. The zero-order valence-corrected chi connectivity index (χ0v) is 17.0. The molecule has 2 aliphatic carbocycles. The number of azo groups is 1. The molecule has 2 aromatic rings. The summed E-state index contributed by atoms with van der Waals surface area (Å²) in [4.78, 5) is 4.50. The summed E-state index contributed by atoms with van der Waals surface area (Å²) in [6, 6.07) is 3.79. The maximum atomic E-state index is 14.3. The first-order chi connectivity index (χ1) is 13.9. The van der Waals surface area contributed by atoms with Gasteiger partial charge in [-0.25, -0.2) is 13.8 Å².